The summed E-state index contributed by atoms with van der Waals surface area (Å²) >= 11 is 0. The molecule has 3 nitrogen and oxygen atoms in total. The zero-order valence-corrected chi connectivity index (χ0v) is 11.8. The van der Waals surface area contributed by atoms with Gasteiger partial charge in [-0.05, 0) is 37.6 Å². The fraction of sp³-hybridized carbons (Fsp3) is 1.00. The minimum atomic E-state index is 0.564. The van der Waals surface area contributed by atoms with Crippen LogP contribution in [0.15, 0.2) is 0 Å². The first-order valence-electron chi connectivity index (χ1n) is 7.15. The Morgan fingerprint density at radius 3 is 2.82 bits per heavy atom. The number of hydrogen-bond acceptors (Lipinski definition) is 3. The highest BCUT2D eigenvalue weighted by atomic mass is 16.5. The van der Waals surface area contributed by atoms with Gasteiger partial charge in [0.05, 0.1) is 6.61 Å². The number of nitrogens with zero attached hydrogens (tertiary/aromatic N) is 1. The van der Waals surface area contributed by atoms with Gasteiger partial charge in [-0.1, -0.05) is 20.3 Å². The third-order valence-corrected chi connectivity index (χ3v) is 4.06. The average Bonchev–Trinajstić information content (AvgIpc) is 2.31. The van der Waals surface area contributed by atoms with Crippen molar-refractivity contribution in [2.75, 3.05) is 33.4 Å². The van der Waals surface area contributed by atoms with E-state index >= 15 is 0 Å². The lowest BCUT2D eigenvalue weighted by molar-refractivity contribution is 0.0533. The standard InChI is InChI=1S/C14H30N2O/c1-4-6-12(2)14(9-15)16-8-5-7-13(10-16)11-17-3/h12-14H,4-11,15H2,1-3H3. The van der Waals surface area contributed by atoms with Gasteiger partial charge < -0.3 is 10.5 Å². The highest BCUT2D eigenvalue weighted by Crippen LogP contribution is 2.23. The summed E-state index contributed by atoms with van der Waals surface area (Å²) in [6.07, 6.45) is 5.15. The Hall–Kier alpha value is -0.120. The Balaban J connectivity index is 2.49. The predicted molar refractivity (Wildman–Crippen MR) is 73.1 cm³/mol. The third kappa shape index (κ3) is 4.57. The summed E-state index contributed by atoms with van der Waals surface area (Å²) in [5.74, 6) is 1.42. The molecule has 17 heavy (non-hydrogen) atoms. The monoisotopic (exact) mass is 242 g/mol. The summed E-state index contributed by atoms with van der Waals surface area (Å²) in [5.41, 5.74) is 5.98. The van der Waals surface area contributed by atoms with Crippen LogP contribution in [0.5, 0.6) is 0 Å². The fourth-order valence-electron chi connectivity index (χ4n) is 3.16. The van der Waals surface area contributed by atoms with E-state index in [1.807, 2.05) is 0 Å². The van der Waals surface area contributed by atoms with Gasteiger partial charge in [0, 0.05) is 26.2 Å². The summed E-state index contributed by atoms with van der Waals surface area (Å²) in [6.45, 7) is 8.69. The predicted octanol–water partition coefficient (Wildman–Crippen LogP) is 2.11. The topological polar surface area (TPSA) is 38.5 Å². The number of likely N-dealkylation sites (tertiary alicyclic amines) is 1. The minimum Gasteiger partial charge on any atom is -0.384 e. The number of piperidine rings is 1. The highest BCUT2D eigenvalue weighted by Gasteiger charge is 2.27. The van der Waals surface area contributed by atoms with Crippen LogP contribution in [0.3, 0.4) is 0 Å². The van der Waals surface area contributed by atoms with Crippen molar-refractivity contribution in [3.63, 3.8) is 0 Å². The normalized spacial score (nSPS) is 25.8. The van der Waals surface area contributed by atoms with Crippen molar-refractivity contribution in [1.29, 1.82) is 0 Å². The fourth-order valence-corrected chi connectivity index (χ4v) is 3.16. The van der Waals surface area contributed by atoms with Crippen molar-refractivity contribution in [2.24, 2.45) is 17.6 Å². The molecule has 0 aromatic heterocycles. The number of methoxy groups -OCH3 is 1. The first-order chi connectivity index (χ1) is 8.22. The van der Waals surface area contributed by atoms with E-state index in [0.29, 0.717) is 17.9 Å². The zero-order chi connectivity index (χ0) is 12.7. The van der Waals surface area contributed by atoms with Crippen molar-refractivity contribution in [3.05, 3.63) is 0 Å². The van der Waals surface area contributed by atoms with Crippen molar-refractivity contribution in [3.8, 4) is 0 Å². The molecule has 0 bridgehead atoms. The van der Waals surface area contributed by atoms with E-state index in [1.165, 1.54) is 38.8 Å². The molecule has 1 heterocycles. The molecule has 0 radical (unpaired) electrons. The molecular weight excluding hydrogens is 212 g/mol. The molecular formula is C14H30N2O. The molecule has 0 saturated carbocycles. The Kier molecular flexibility index (Phi) is 7.09. The van der Waals surface area contributed by atoms with Crippen molar-refractivity contribution < 1.29 is 4.74 Å². The molecule has 102 valence electrons. The maximum absolute atomic E-state index is 5.98. The number of hydrogen-bond donors (Lipinski definition) is 1. The molecule has 3 unspecified atom stereocenters. The largest absolute Gasteiger partial charge is 0.384 e. The molecule has 0 aromatic carbocycles. The van der Waals surface area contributed by atoms with Gasteiger partial charge in [-0.2, -0.15) is 0 Å². The van der Waals surface area contributed by atoms with Crippen LogP contribution < -0.4 is 5.73 Å². The average molecular weight is 242 g/mol. The molecule has 2 N–H and O–H groups in total. The minimum absolute atomic E-state index is 0.564. The maximum atomic E-state index is 5.98. The molecule has 3 heteroatoms. The van der Waals surface area contributed by atoms with Crippen LogP contribution in [-0.4, -0.2) is 44.3 Å². The quantitative estimate of drug-likeness (QED) is 0.743. The van der Waals surface area contributed by atoms with Crippen molar-refractivity contribution >= 4 is 0 Å². The van der Waals surface area contributed by atoms with Crippen LogP contribution in [-0.2, 0) is 4.74 Å². The summed E-state index contributed by atoms with van der Waals surface area (Å²) < 4.78 is 5.29. The molecule has 0 spiro atoms. The van der Waals surface area contributed by atoms with Crippen molar-refractivity contribution in [1.82, 2.24) is 4.90 Å². The Morgan fingerprint density at radius 2 is 2.24 bits per heavy atom. The van der Waals surface area contributed by atoms with E-state index in [2.05, 4.69) is 18.7 Å². The van der Waals surface area contributed by atoms with E-state index in [0.717, 1.165) is 13.2 Å². The molecule has 1 rings (SSSR count). The second-order valence-corrected chi connectivity index (χ2v) is 5.53. The summed E-state index contributed by atoms with van der Waals surface area (Å²) in [6, 6.07) is 0.564. The first-order valence-corrected chi connectivity index (χ1v) is 7.15. The smallest absolute Gasteiger partial charge is 0.0502 e. The van der Waals surface area contributed by atoms with Crippen LogP contribution >= 0.6 is 0 Å². The van der Waals surface area contributed by atoms with E-state index in [4.69, 9.17) is 10.5 Å². The van der Waals surface area contributed by atoms with Gasteiger partial charge in [-0.3, -0.25) is 4.90 Å². The molecule has 0 aromatic rings. The van der Waals surface area contributed by atoms with E-state index in [-0.39, 0.29) is 0 Å². The zero-order valence-electron chi connectivity index (χ0n) is 11.8. The van der Waals surface area contributed by atoms with E-state index < -0.39 is 0 Å². The lowest BCUT2D eigenvalue weighted by Crippen LogP contribution is -2.49. The van der Waals surface area contributed by atoms with E-state index in [9.17, 15) is 0 Å². The van der Waals surface area contributed by atoms with Crippen molar-refractivity contribution in [2.45, 2.75) is 45.6 Å². The third-order valence-electron chi connectivity index (χ3n) is 4.06. The molecule has 1 aliphatic heterocycles. The molecule has 0 aliphatic carbocycles. The Labute approximate surface area is 107 Å². The van der Waals surface area contributed by atoms with Crippen LogP contribution in [0, 0.1) is 11.8 Å². The lowest BCUT2D eigenvalue weighted by atomic mass is 9.91. The van der Waals surface area contributed by atoms with E-state index in [1.54, 1.807) is 7.11 Å². The second kappa shape index (κ2) is 8.06. The van der Waals surface area contributed by atoms with Gasteiger partial charge >= 0.3 is 0 Å². The molecule has 1 saturated heterocycles. The second-order valence-electron chi connectivity index (χ2n) is 5.53. The Bertz CT molecular complexity index is 197. The van der Waals surface area contributed by atoms with Gasteiger partial charge in [0.2, 0.25) is 0 Å². The van der Waals surface area contributed by atoms with Crippen LogP contribution in [0.25, 0.3) is 0 Å². The van der Waals surface area contributed by atoms with Gasteiger partial charge in [0.15, 0.2) is 0 Å². The molecule has 1 aliphatic rings. The van der Waals surface area contributed by atoms with Gasteiger partial charge in [0.25, 0.3) is 0 Å². The van der Waals surface area contributed by atoms with Gasteiger partial charge in [0.1, 0.15) is 0 Å². The maximum Gasteiger partial charge on any atom is 0.0502 e. The van der Waals surface area contributed by atoms with Gasteiger partial charge in [-0.15, -0.1) is 0 Å². The summed E-state index contributed by atoms with van der Waals surface area (Å²) in [4.78, 5) is 2.60. The number of ether oxygens (including phenoxy) is 1. The highest BCUT2D eigenvalue weighted by molar-refractivity contribution is 4.82. The van der Waals surface area contributed by atoms with Crippen LogP contribution in [0.4, 0.5) is 0 Å². The van der Waals surface area contributed by atoms with Crippen LogP contribution in [0.2, 0.25) is 0 Å². The SMILES string of the molecule is CCCC(C)C(CN)N1CCCC(COC)C1. The summed E-state index contributed by atoms with van der Waals surface area (Å²) in [7, 11) is 1.80. The summed E-state index contributed by atoms with van der Waals surface area (Å²) in [5, 5.41) is 0. The first kappa shape index (κ1) is 14.9. The number of nitrogens with two attached hydrogens (primary N) is 1. The molecule has 0 amide bonds. The van der Waals surface area contributed by atoms with Crippen LogP contribution in [0.1, 0.15) is 39.5 Å². The lowest BCUT2D eigenvalue weighted by Gasteiger charge is -2.40. The molecule has 3 atom stereocenters. The molecule has 1 fully saturated rings. The Morgan fingerprint density at radius 1 is 1.47 bits per heavy atom. The number of rotatable bonds is 7. The van der Waals surface area contributed by atoms with Gasteiger partial charge in [-0.25, -0.2) is 0 Å².